The van der Waals surface area contributed by atoms with Gasteiger partial charge in [0.1, 0.15) is 5.75 Å². The molecule has 4 heteroatoms. The number of anilines is 1. The molecular weight excluding hydrogens is 216 g/mol. The minimum Gasteiger partial charge on any atom is -0.493 e. The Bertz CT molecular complexity index is 378. The number of nitrogen functional groups attached to an aromatic ring is 1. The highest BCUT2D eigenvalue weighted by Crippen LogP contribution is 2.21. The van der Waals surface area contributed by atoms with Gasteiger partial charge in [-0.2, -0.15) is 0 Å². The molecule has 0 fully saturated rings. The first-order chi connectivity index (χ1) is 8.15. The minimum atomic E-state index is -0.513. The second-order valence-electron chi connectivity index (χ2n) is 4.03. The fourth-order valence-corrected chi connectivity index (χ4v) is 1.58. The van der Waals surface area contributed by atoms with E-state index in [-0.39, 0.29) is 0 Å². The first-order valence-corrected chi connectivity index (χ1v) is 5.97. The van der Waals surface area contributed by atoms with Crippen LogP contribution in [0.4, 0.5) is 5.69 Å². The summed E-state index contributed by atoms with van der Waals surface area (Å²) in [5, 5.41) is 0. The van der Waals surface area contributed by atoms with Gasteiger partial charge in [0.05, 0.1) is 12.2 Å². The van der Waals surface area contributed by atoms with Crippen LogP contribution in [0.2, 0.25) is 0 Å². The van der Waals surface area contributed by atoms with Gasteiger partial charge in [-0.15, -0.1) is 0 Å². The van der Waals surface area contributed by atoms with E-state index in [0.717, 1.165) is 12.8 Å². The van der Waals surface area contributed by atoms with E-state index in [2.05, 4.69) is 6.92 Å². The molecule has 0 spiro atoms. The molecule has 0 atom stereocenters. The molecule has 0 aliphatic rings. The lowest BCUT2D eigenvalue weighted by molar-refractivity contribution is 0.0996. The maximum Gasteiger partial charge on any atom is 0.252 e. The van der Waals surface area contributed by atoms with E-state index in [1.54, 1.807) is 18.2 Å². The predicted octanol–water partition coefficient (Wildman–Crippen LogP) is 2.33. The van der Waals surface area contributed by atoms with Gasteiger partial charge in [0.25, 0.3) is 5.91 Å². The summed E-state index contributed by atoms with van der Waals surface area (Å²) in [6, 6.07) is 4.94. The summed E-state index contributed by atoms with van der Waals surface area (Å²) < 4.78 is 5.54. The monoisotopic (exact) mass is 236 g/mol. The number of hydrogen-bond acceptors (Lipinski definition) is 3. The maximum absolute atomic E-state index is 11.2. The van der Waals surface area contributed by atoms with Crippen LogP contribution >= 0.6 is 0 Å². The largest absolute Gasteiger partial charge is 0.493 e. The highest BCUT2D eigenvalue weighted by molar-refractivity contribution is 5.96. The predicted molar refractivity (Wildman–Crippen MR) is 69.0 cm³/mol. The zero-order chi connectivity index (χ0) is 12.7. The zero-order valence-electron chi connectivity index (χ0n) is 10.2. The number of rotatable bonds is 7. The van der Waals surface area contributed by atoms with E-state index in [0.29, 0.717) is 23.6 Å². The molecular formula is C13H20N2O2. The first-order valence-electron chi connectivity index (χ1n) is 5.97. The summed E-state index contributed by atoms with van der Waals surface area (Å²) in [6.07, 6.45) is 4.51. The molecule has 1 rings (SSSR count). The molecule has 17 heavy (non-hydrogen) atoms. The lowest BCUT2D eigenvalue weighted by Gasteiger charge is -2.10. The zero-order valence-corrected chi connectivity index (χ0v) is 10.2. The number of amides is 1. The van der Waals surface area contributed by atoms with Crippen LogP contribution < -0.4 is 16.2 Å². The molecule has 4 nitrogen and oxygen atoms in total. The number of hydrogen-bond donors (Lipinski definition) is 2. The molecule has 0 unspecified atom stereocenters. The molecule has 0 heterocycles. The Hall–Kier alpha value is -1.71. The van der Waals surface area contributed by atoms with E-state index in [9.17, 15) is 4.79 Å². The fraction of sp³-hybridized carbons (Fsp3) is 0.462. The number of carbonyl (C=O) groups excluding carboxylic acids is 1. The molecule has 4 N–H and O–H groups in total. The fourth-order valence-electron chi connectivity index (χ4n) is 1.58. The Morgan fingerprint density at radius 2 is 2.06 bits per heavy atom. The van der Waals surface area contributed by atoms with Gasteiger partial charge in [-0.1, -0.05) is 26.2 Å². The summed E-state index contributed by atoms with van der Waals surface area (Å²) in [5.41, 5.74) is 11.7. The highest BCUT2D eigenvalue weighted by atomic mass is 16.5. The minimum absolute atomic E-state index is 0.348. The molecule has 0 bridgehead atoms. The second kappa shape index (κ2) is 6.78. The van der Waals surface area contributed by atoms with Gasteiger partial charge in [0.2, 0.25) is 0 Å². The molecule has 0 aliphatic heterocycles. The van der Waals surface area contributed by atoms with Gasteiger partial charge in [0, 0.05) is 5.69 Å². The molecule has 0 radical (unpaired) electrons. The van der Waals surface area contributed by atoms with Crippen LogP contribution in [0.5, 0.6) is 5.75 Å². The summed E-state index contributed by atoms with van der Waals surface area (Å²) in [5.74, 6) is 0.00376. The van der Waals surface area contributed by atoms with Gasteiger partial charge < -0.3 is 16.2 Å². The quantitative estimate of drug-likeness (QED) is 0.563. The van der Waals surface area contributed by atoms with Crippen molar-refractivity contribution in [3.63, 3.8) is 0 Å². The SMILES string of the molecule is CCCCCCOc1ccc(N)cc1C(N)=O. The lowest BCUT2D eigenvalue weighted by atomic mass is 10.1. The van der Waals surface area contributed by atoms with Gasteiger partial charge in [-0.3, -0.25) is 4.79 Å². The summed E-state index contributed by atoms with van der Waals surface area (Å²) in [7, 11) is 0. The lowest BCUT2D eigenvalue weighted by Crippen LogP contribution is -2.14. The van der Waals surface area contributed by atoms with Crippen molar-refractivity contribution in [3.8, 4) is 5.75 Å². The third kappa shape index (κ3) is 4.34. The van der Waals surface area contributed by atoms with Crippen molar-refractivity contribution < 1.29 is 9.53 Å². The number of carbonyl (C=O) groups is 1. The Kier molecular flexibility index (Phi) is 5.33. The van der Waals surface area contributed by atoms with Crippen LogP contribution in [0, 0.1) is 0 Å². The number of nitrogens with two attached hydrogens (primary N) is 2. The summed E-state index contributed by atoms with van der Waals surface area (Å²) in [4.78, 5) is 11.2. The normalized spacial score (nSPS) is 10.2. The van der Waals surface area contributed by atoms with E-state index in [1.807, 2.05) is 0 Å². The smallest absolute Gasteiger partial charge is 0.252 e. The Labute approximate surface area is 102 Å². The van der Waals surface area contributed by atoms with E-state index in [4.69, 9.17) is 16.2 Å². The van der Waals surface area contributed by atoms with Crippen LogP contribution in [-0.2, 0) is 0 Å². The van der Waals surface area contributed by atoms with Gasteiger partial charge in [-0.25, -0.2) is 0 Å². The molecule has 0 aliphatic carbocycles. The van der Waals surface area contributed by atoms with Crippen molar-refractivity contribution in [1.29, 1.82) is 0 Å². The first kappa shape index (κ1) is 13.4. The van der Waals surface area contributed by atoms with Crippen LogP contribution in [0.25, 0.3) is 0 Å². The maximum atomic E-state index is 11.2. The van der Waals surface area contributed by atoms with Crippen molar-refractivity contribution in [1.82, 2.24) is 0 Å². The molecule has 94 valence electrons. The molecule has 1 amide bonds. The molecule has 1 aromatic rings. The molecule has 1 aromatic carbocycles. The van der Waals surface area contributed by atoms with E-state index < -0.39 is 5.91 Å². The third-order valence-corrected chi connectivity index (χ3v) is 2.52. The number of unbranched alkanes of at least 4 members (excludes halogenated alkanes) is 3. The Balaban J connectivity index is 2.55. The van der Waals surface area contributed by atoms with Crippen molar-refractivity contribution in [2.45, 2.75) is 32.6 Å². The van der Waals surface area contributed by atoms with Crippen LogP contribution in [-0.4, -0.2) is 12.5 Å². The van der Waals surface area contributed by atoms with E-state index >= 15 is 0 Å². The van der Waals surface area contributed by atoms with Crippen molar-refractivity contribution >= 4 is 11.6 Å². The highest BCUT2D eigenvalue weighted by Gasteiger charge is 2.09. The average molecular weight is 236 g/mol. The molecule has 0 saturated carbocycles. The molecule has 0 saturated heterocycles. The summed E-state index contributed by atoms with van der Waals surface area (Å²) >= 11 is 0. The van der Waals surface area contributed by atoms with Crippen LogP contribution in [0.15, 0.2) is 18.2 Å². The molecule has 0 aromatic heterocycles. The Morgan fingerprint density at radius 3 is 2.71 bits per heavy atom. The van der Waals surface area contributed by atoms with Crippen LogP contribution in [0.1, 0.15) is 43.0 Å². The average Bonchev–Trinajstić information content (AvgIpc) is 2.30. The van der Waals surface area contributed by atoms with Gasteiger partial charge >= 0.3 is 0 Å². The Morgan fingerprint density at radius 1 is 1.29 bits per heavy atom. The van der Waals surface area contributed by atoms with Crippen molar-refractivity contribution in [3.05, 3.63) is 23.8 Å². The number of benzene rings is 1. The van der Waals surface area contributed by atoms with Gasteiger partial charge in [0.15, 0.2) is 0 Å². The second-order valence-corrected chi connectivity index (χ2v) is 4.03. The number of ether oxygens (including phenoxy) is 1. The number of primary amides is 1. The van der Waals surface area contributed by atoms with Crippen molar-refractivity contribution in [2.75, 3.05) is 12.3 Å². The van der Waals surface area contributed by atoms with Crippen LogP contribution in [0.3, 0.4) is 0 Å². The topological polar surface area (TPSA) is 78.3 Å². The van der Waals surface area contributed by atoms with Gasteiger partial charge in [-0.05, 0) is 24.6 Å². The van der Waals surface area contributed by atoms with Crippen molar-refractivity contribution in [2.24, 2.45) is 5.73 Å². The van der Waals surface area contributed by atoms with E-state index in [1.165, 1.54) is 12.8 Å². The summed E-state index contributed by atoms with van der Waals surface area (Å²) in [6.45, 7) is 2.76. The third-order valence-electron chi connectivity index (χ3n) is 2.52. The standard InChI is InChI=1S/C13H20N2O2/c1-2-3-4-5-8-17-12-7-6-10(14)9-11(12)13(15)16/h6-7,9H,2-5,8,14H2,1H3,(H2,15,16).